The van der Waals surface area contributed by atoms with Gasteiger partial charge in [-0.25, -0.2) is 0 Å². The number of nitrogens with one attached hydrogen (secondary N) is 2. The number of hydrogen-bond acceptors (Lipinski definition) is 4. The Morgan fingerprint density at radius 2 is 1.50 bits per heavy atom. The first-order chi connectivity index (χ1) is 12.7. The molecule has 26 heavy (non-hydrogen) atoms. The molecule has 7 heteroatoms. The van der Waals surface area contributed by atoms with Crippen LogP contribution in [0.5, 0.6) is 0 Å². The largest absolute Gasteiger partial charge is 0.326 e. The van der Waals surface area contributed by atoms with Gasteiger partial charge in [-0.2, -0.15) is 5.10 Å². The molecular weight excluding hydrogens is 348 g/mol. The third-order valence-electron chi connectivity index (χ3n) is 4.60. The molecule has 1 aromatic rings. The van der Waals surface area contributed by atoms with Crippen molar-refractivity contribution < 1.29 is 4.92 Å². The predicted octanol–water partition coefficient (Wildman–Crippen LogP) is 5.54. The summed E-state index contributed by atoms with van der Waals surface area (Å²) < 4.78 is 0. The molecule has 0 amide bonds. The zero-order valence-corrected chi connectivity index (χ0v) is 16.0. The molecule has 1 aliphatic carbocycles. The van der Waals surface area contributed by atoms with Gasteiger partial charge in [0.1, 0.15) is 5.69 Å². The van der Waals surface area contributed by atoms with Gasteiger partial charge < -0.3 is 5.32 Å². The molecule has 2 rings (SSSR count). The third-order valence-corrected chi connectivity index (χ3v) is 4.79. The van der Waals surface area contributed by atoms with Gasteiger partial charge >= 0.3 is 0 Å². The van der Waals surface area contributed by atoms with Crippen LogP contribution in [0.4, 0.5) is 11.4 Å². The van der Waals surface area contributed by atoms with E-state index in [4.69, 9.17) is 12.2 Å². The van der Waals surface area contributed by atoms with Crippen LogP contribution in [0, 0.1) is 10.1 Å². The fourth-order valence-corrected chi connectivity index (χ4v) is 3.31. The highest BCUT2D eigenvalue weighted by Gasteiger charge is 2.13. The highest BCUT2D eigenvalue weighted by Crippen LogP contribution is 2.23. The Labute approximate surface area is 160 Å². The maximum atomic E-state index is 11.1. The fraction of sp³-hybridized carbons (Fsp3) is 0.579. The van der Waals surface area contributed by atoms with E-state index in [1.54, 1.807) is 18.2 Å². The molecule has 1 saturated carbocycles. The van der Waals surface area contributed by atoms with Gasteiger partial charge in [0.2, 0.25) is 0 Å². The average Bonchev–Trinajstić information content (AvgIpc) is 2.61. The van der Waals surface area contributed by atoms with Gasteiger partial charge in [-0.05, 0) is 44.0 Å². The Balaban J connectivity index is 1.90. The van der Waals surface area contributed by atoms with E-state index < -0.39 is 4.92 Å². The highest BCUT2D eigenvalue weighted by molar-refractivity contribution is 7.80. The fourth-order valence-electron chi connectivity index (χ4n) is 3.15. The van der Waals surface area contributed by atoms with Crippen molar-refractivity contribution in [1.29, 1.82) is 0 Å². The normalized spacial score (nSPS) is 16.7. The molecule has 0 radical (unpaired) electrons. The molecule has 0 bridgehead atoms. The van der Waals surface area contributed by atoms with E-state index in [0.717, 1.165) is 31.4 Å². The molecule has 0 aliphatic heterocycles. The minimum Gasteiger partial charge on any atom is -0.326 e. The second-order valence-corrected chi connectivity index (χ2v) is 7.11. The van der Waals surface area contributed by atoms with E-state index in [2.05, 4.69) is 15.8 Å². The van der Waals surface area contributed by atoms with Crippen LogP contribution in [-0.2, 0) is 0 Å². The highest BCUT2D eigenvalue weighted by atomic mass is 32.1. The van der Waals surface area contributed by atoms with Crippen LogP contribution in [0.1, 0.15) is 70.6 Å². The van der Waals surface area contributed by atoms with Crippen LogP contribution in [0.25, 0.3) is 0 Å². The number of para-hydroxylation sites is 2. The SMILES string of the molecule is O=[N+]([O-])c1ccccc1NC(=S)NN=C1CCCCCCCCCCC1. The van der Waals surface area contributed by atoms with Crippen molar-refractivity contribution in [2.24, 2.45) is 5.10 Å². The zero-order valence-electron chi connectivity index (χ0n) is 15.2. The molecule has 6 nitrogen and oxygen atoms in total. The molecule has 0 unspecified atom stereocenters. The van der Waals surface area contributed by atoms with Crippen LogP contribution >= 0.6 is 12.2 Å². The van der Waals surface area contributed by atoms with Crippen molar-refractivity contribution >= 4 is 34.4 Å². The van der Waals surface area contributed by atoms with E-state index in [-0.39, 0.29) is 10.8 Å². The Morgan fingerprint density at radius 1 is 0.962 bits per heavy atom. The Morgan fingerprint density at radius 3 is 2.08 bits per heavy atom. The molecule has 1 fully saturated rings. The molecule has 142 valence electrons. The molecule has 0 saturated heterocycles. The summed E-state index contributed by atoms with van der Waals surface area (Å²) in [5, 5.41) is 18.7. The molecular formula is C19H28N4O2S. The number of nitro benzene ring substituents is 1. The van der Waals surface area contributed by atoms with Gasteiger partial charge in [-0.15, -0.1) is 0 Å². The van der Waals surface area contributed by atoms with Gasteiger partial charge in [0, 0.05) is 11.8 Å². The molecule has 2 N–H and O–H groups in total. The maximum Gasteiger partial charge on any atom is 0.292 e. The van der Waals surface area contributed by atoms with Crippen molar-refractivity contribution in [2.45, 2.75) is 70.6 Å². The monoisotopic (exact) mass is 376 g/mol. The first-order valence-electron chi connectivity index (χ1n) is 9.52. The number of nitro groups is 1. The van der Waals surface area contributed by atoms with Crippen molar-refractivity contribution in [3.8, 4) is 0 Å². The van der Waals surface area contributed by atoms with Gasteiger partial charge in [0.25, 0.3) is 5.69 Å². The lowest BCUT2D eigenvalue weighted by molar-refractivity contribution is -0.383. The number of anilines is 1. The van der Waals surface area contributed by atoms with Crippen molar-refractivity contribution in [3.63, 3.8) is 0 Å². The minimum absolute atomic E-state index is 0.00434. The Bertz CT molecular complexity index is 620. The number of benzene rings is 1. The van der Waals surface area contributed by atoms with Crippen molar-refractivity contribution in [2.75, 3.05) is 5.32 Å². The summed E-state index contributed by atoms with van der Waals surface area (Å²) in [7, 11) is 0. The molecule has 0 aromatic heterocycles. The lowest BCUT2D eigenvalue weighted by Crippen LogP contribution is -2.25. The van der Waals surface area contributed by atoms with E-state index >= 15 is 0 Å². The first-order valence-corrected chi connectivity index (χ1v) is 9.93. The third kappa shape index (κ3) is 7.47. The van der Waals surface area contributed by atoms with E-state index in [9.17, 15) is 10.1 Å². The number of thiocarbonyl (C=S) groups is 1. The van der Waals surface area contributed by atoms with Crippen LogP contribution < -0.4 is 10.7 Å². The average molecular weight is 377 g/mol. The molecule has 0 heterocycles. The quantitative estimate of drug-likeness (QED) is 0.411. The van der Waals surface area contributed by atoms with E-state index in [1.807, 2.05) is 0 Å². The maximum absolute atomic E-state index is 11.1. The lowest BCUT2D eigenvalue weighted by atomic mass is 10.00. The van der Waals surface area contributed by atoms with Crippen molar-refractivity contribution in [1.82, 2.24) is 5.43 Å². The summed E-state index contributed by atoms with van der Waals surface area (Å²) in [6, 6.07) is 6.44. The lowest BCUT2D eigenvalue weighted by Gasteiger charge is -2.11. The second kappa shape index (κ2) is 11.6. The Kier molecular flexibility index (Phi) is 9.03. The smallest absolute Gasteiger partial charge is 0.292 e. The van der Waals surface area contributed by atoms with E-state index in [1.165, 1.54) is 51.0 Å². The topological polar surface area (TPSA) is 79.6 Å². The molecule has 0 atom stereocenters. The Hall–Kier alpha value is -2.02. The van der Waals surface area contributed by atoms with Crippen LogP contribution in [0.3, 0.4) is 0 Å². The number of hydrazone groups is 1. The summed E-state index contributed by atoms with van der Waals surface area (Å²) in [6.45, 7) is 0. The predicted molar refractivity (Wildman–Crippen MR) is 111 cm³/mol. The van der Waals surface area contributed by atoms with E-state index in [0.29, 0.717) is 5.69 Å². The van der Waals surface area contributed by atoms with Crippen LogP contribution in [0.15, 0.2) is 29.4 Å². The summed E-state index contributed by atoms with van der Waals surface area (Å²) >= 11 is 5.25. The summed E-state index contributed by atoms with van der Waals surface area (Å²) in [4.78, 5) is 10.6. The van der Waals surface area contributed by atoms with Gasteiger partial charge in [0.15, 0.2) is 5.11 Å². The van der Waals surface area contributed by atoms with Gasteiger partial charge in [-0.3, -0.25) is 15.5 Å². The molecule has 1 aliphatic rings. The number of rotatable bonds is 3. The first kappa shape index (κ1) is 20.3. The summed E-state index contributed by atoms with van der Waals surface area (Å²) in [5.74, 6) is 0. The van der Waals surface area contributed by atoms with Crippen molar-refractivity contribution in [3.05, 3.63) is 34.4 Å². The molecule has 0 spiro atoms. The summed E-state index contributed by atoms with van der Waals surface area (Å²) in [5.41, 5.74) is 4.37. The minimum atomic E-state index is -0.427. The van der Waals surface area contributed by atoms with Gasteiger partial charge in [0.05, 0.1) is 4.92 Å². The van der Waals surface area contributed by atoms with Crippen LogP contribution in [-0.4, -0.2) is 15.7 Å². The molecule has 1 aromatic carbocycles. The number of hydrogen-bond donors (Lipinski definition) is 2. The number of nitrogens with zero attached hydrogens (tertiary/aromatic N) is 2. The standard InChI is InChI=1S/C19H28N4O2S/c24-23(25)18-15-11-10-14-17(18)20-19(26)22-21-16-12-8-6-4-2-1-3-5-7-9-13-16/h10-11,14-15H,1-9,12-13H2,(H2,20,22,26). The zero-order chi connectivity index (χ0) is 18.6. The van der Waals surface area contributed by atoms with Gasteiger partial charge in [-0.1, -0.05) is 57.1 Å². The summed E-state index contributed by atoms with van der Waals surface area (Å²) in [6.07, 6.45) is 13.4. The second-order valence-electron chi connectivity index (χ2n) is 6.70. The van der Waals surface area contributed by atoms with Crippen LogP contribution in [0.2, 0.25) is 0 Å².